The Morgan fingerprint density at radius 3 is 2.86 bits per heavy atom. The van der Waals surface area contributed by atoms with Gasteiger partial charge in [-0.2, -0.15) is 0 Å². The summed E-state index contributed by atoms with van der Waals surface area (Å²) in [6, 6.07) is 15.2. The normalized spacial score (nSPS) is 29.3. The topological polar surface area (TPSA) is 77.8 Å². The van der Waals surface area contributed by atoms with Crippen molar-refractivity contribution >= 4 is 11.0 Å². The lowest BCUT2D eigenvalue weighted by atomic mass is 9.95. The van der Waals surface area contributed by atoms with Gasteiger partial charge in [-0.25, -0.2) is 4.98 Å². The minimum absolute atomic E-state index is 0.177. The van der Waals surface area contributed by atoms with Gasteiger partial charge in [0, 0.05) is 6.54 Å². The maximum atomic E-state index is 11.2. The zero-order valence-electron chi connectivity index (χ0n) is 15.6. The predicted octanol–water partition coefficient (Wildman–Crippen LogP) is 1.86. The number of benzene rings is 2. The lowest BCUT2D eigenvalue weighted by Gasteiger charge is -2.39. The monoisotopic (exact) mass is 381 g/mol. The minimum atomic E-state index is -0.665. The van der Waals surface area contributed by atoms with Gasteiger partial charge in [-0.1, -0.05) is 24.3 Å². The molecule has 2 aromatic carbocycles. The Bertz CT molecular complexity index is 958. The third kappa shape index (κ3) is 2.97. The fourth-order valence-corrected chi connectivity index (χ4v) is 4.14. The molecule has 2 aliphatic rings. The van der Waals surface area contributed by atoms with Crippen molar-refractivity contribution in [3.63, 3.8) is 0 Å². The Hall–Kier alpha value is -2.45. The molecular formula is C21H23N3O4. The number of hydrogen-bond donors (Lipinski definition) is 2. The van der Waals surface area contributed by atoms with E-state index < -0.39 is 12.4 Å². The summed E-state index contributed by atoms with van der Waals surface area (Å²) in [6.07, 6.45) is 0.438. The molecule has 3 heterocycles. The van der Waals surface area contributed by atoms with E-state index in [4.69, 9.17) is 14.2 Å². The summed E-state index contributed by atoms with van der Waals surface area (Å²) >= 11 is 0. The number of aliphatic hydroxyl groups is 1. The highest BCUT2D eigenvalue weighted by Gasteiger charge is 2.50. The maximum absolute atomic E-state index is 11.2. The molecule has 146 valence electrons. The van der Waals surface area contributed by atoms with Crippen LogP contribution < -0.4 is 10.1 Å². The van der Waals surface area contributed by atoms with Crippen molar-refractivity contribution < 1.29 is 19.3 Å². The highest BCUT2D eigenvalue weighted by atomic mass is 16.7. The van der Waals surface area contributed by atoms with Crippen molar-refractivity contribution in [3.05, 3.63) is 60.4 Å². The summed E-state index contributed by atoms with van der Waals surface area (Å²) in [7, 11) is 1.65. The van der Waals surface area contributed by atoms with Crippen molar-refractivity contribution in [1.82, 2.24) is 14.9 Å². The predicted molar refractivity (Wildman–Crippen MR) is 103 cm³/mol. The highest BCUT2D eigenvalue weighted by Crippen LogP contribution is 2.37. The molecule has 0 saturated carbocycles. The largest absolute Gasteiger partial charge is 0.497 e. The van der Waals surface area contributed by atoms with Crippen molar-refractivity contribution in [3.8, 4) is 5.75 Å². The van der Waals surface area contributed by atoms with Gasteiger partial charge < -0.3 is 29.2 Å². The van der Waals surface area contributed by atoms with Crippen LogP contribution in [-0.4, -0.2) is 52.9 Å². The van der Waals surface area contributed by atoms with E-state index in [-0.39, 0.29) is 18.2 Å². The molecule has 2 saturated heterocycles. The average Bonchev–Trinajstić information content (AvgIpc) is 3.35. The second kappa shape index (κ2) is 7.18. The van der Waals surface area contributed by atoms with Crippen LogP contribution in [0.5, 0.6) is 5.75 Å². The van der Waals surface area contributed by atoms with Gasteiger partial charge in [0.15, 0.2) is 6.29 Å². The van der Waals surface area contributed by atoms with Gasteiger partial charge in [-0.15, -0.1) is 0 Å². The van der Waals surface area contributed by atoms with Crippen LogP contribution in [0.4, 0.5) is 0 Å². The van der Waals surface area contributed by atoms with Crippen LogP contribution in [0.15, 0.2) is 54.9 Å². The van der Waals surface area contributed by atoms with Crippen LogP contribution >= 0.6 is 0 Å². The molecule has 0 aliphatic carbocycles. The molecule has 2 aliphatic heterocycles. The van der Waals surface area contributed by atoms with E-state index >= 15 is 0 Å². The van der Waals surface area contributed by atoms with E-state index in [1.807, 2.05) is 53.1 Å². The van der Waals surface area contributed by atoms with Crippen molar-refractivity contribution in [2.24, 2.45) is 0 Å². The third-order valence-corrected chi connectivity index (χ3v) is 5.63. The van der Waals surface area contributed by atoms with Crippen LogP contribution in [0.25, 0.3) is 11.0 Å². The fraction of sp³-hybridized carbons (Fsp3) is 0.381. The summed E-state index contributed by atoms with van der Waals surface area (Å²) < 4.78 is 19.1. The Balaban J connectivity index is 1.38. The van der Waals surface area contributed by atoms with Gasteiger partial charge in [0.1, 0.15) is 17.9 Å². The third-order valence-electron chi connectivity index (χ3n) is 5.63. The number of methoxy groups -OCH3 is 1. The molecule has 7 heteroatoms. The van der Waals surface area contributed by atoms with Crippen LogP contribution in [0.3, 0.4) is 0 Å². The molecule has 0 radical (unpaired) electrons. The first-order valence-electron chi connectivity index (χ1n) is 9.47. The molecule has 2 N–H and O–H groups in total. The number of aliphatic hydroxyl groups excluding tert-OH is 1. The van der Waals surface area contributed by atoms with E-state index in [2.05, 4.69) is 10.3 Å². The number of rotatable bonds is 5. The summed E-state index contributed by atoms with van der Waals surface area (Å²) in [6.45, 7) is 1.08. The first kappa shape index (κ1) is 17.6. The molecule has 5 unspecified atom stereocenters. The lowest BCUT2D eigenvalue weighted by molar-refractivity contribution is -0.164. The second-order valence-corrected chi connectivity index (χ2v) is 7.25. The first-order chi connectivity index (χ1) is 13.7. The molecule has 0 spiro atoms. The number of nitrogens with one attached hydrogen (secondary N) is 1. The Labute approximate surface area is 162 Å². The van der Waals surface area contributed by atoms with E-state index in [0.29, 0.717) is 13.2 Å². The van der Waals surface area contributed by atoms with Crippen LogP contribution in [-0.2, 0) is 16.0 Å². The zero-order valence-corrected chi connectivity index (χ0v) is 15.6. The molecule has 7 nitrogen and oxygen atoms in total. The Kier molecular flexibility index (Phi) is 4.52. The van der Waals surface area contributed by atoms with E-state index in [9.17, 15) is 5.11 Å². The molecule has 0 amide bonds. The zero-order chi connectivity index (χ0) is 19.1. The number of aromatic nitrogens is 2. The number of nitrogens with zero attached hydrogens (tertiary/aromatic N) is 2. The second-order valence-electron chi connectivity index (χ2n) is 7.25. The van der Waals surface area contributed by atoms with Gasteiger partial charge in [0.25, 0.3) is 0 Å². The van der Waals surface area contributed by atoms with Gasteiger partial charge in [0.2, 0.25) is 0 Å². The van der Waals surface area contributed by atoms with Crippen molar-refractivity contribution in [2.45, 2.75) is 37.1 Å². The SMILES string of the molecule is COc1ccc(CNC2C3COC(O3)C(n3cnc4ccccc43)C2O)cc1. The van der Waals surface area contributed by atoms with Gasteiger partial charge in [-0.05, 0) is 29.8 Å². The molecule has 2 fully saturated rings. The number of hydrogen-bond acceptors (Lipinski definition) is 6. The standard InChI is InChI=1S/C21H23N3O4/c1-26-14-8-6-13(7-9-14)10-22-18-17-11-27-21(28-17)19(20(18)25)24-12-23-15-4-2-3-5-16(15)24/h2-9,12,17-22,25H,10-11H2,1H3. The molecule has 3 aromatic rings. The maximum Gasteiger partial charge on any atom is 0.181 e. The Morgan fingerprint density at radius 1 is 1.21 bits per heavy atom. The van der Waals surface area contributed by atoms with Crippen LogP contribution in [0.2, 0.25) is 0 Å². The average molecular weight is 381 g/mol. The summed E-state index contributed by atoms with van der Waals surface area (Å²) in [5, 5.41) is 14.7. The number of fused-ring (bicyclic) bond motifs is 3. The molecule has 5 rings (SSSR count). The minimum Gasteiger partial charge on any atom is -0.497 e. The summed E-state index contributed by atoms with van der Waals surface area (Å²) in [4.78, 5) is 4.45. The van der Waals surface area contributed by atoms with Crippen molar-refractivity contribution in [2.75, 3.05) is 13.7 Å². The van der Waals surface area contributed by atoms with E-state index in [0.717, 1.165) is 22.3 Å². The van der Waals surface area contributed by atoms with Gasteiger partial charge in [0.05, 0.1) is 43.2 Å². The van der Waals surface area contributed by atoms with Crippen LogP contribution in [0.1, 0.15) is 11.6 Å². The number of para-hydroxylation sites is 2. The van der Waals surface area contributed by atoms with Gasteiger partial charge in [-0.3, -0.25) is 0 Å². The summed E-state index contributed by atoms with van der Waals surface area (Å²) in [5.74, 6) is 0.823. The molecule has 5 atom stereocenters. The fourth-order valence-electron chi connectivity index (χ4n) is 4.14. The van der Waals surface area contributed by atoms with E-state index in [1.165, 1.54) is 0 Å². The summed E-state index contributed by atoms with van der Waals surface area (Å²) in [5.41, 5.74) is 2.95. The quantitative estimate of drug-likeness (QED) is 0.703. The first-order valence-corrected chi connectivity index (χ1v) is 9.47. The number of ether oxygens (including phenoxy) is 3. The molecular weight excluding hydrogens is 358 g/mol. The lowest BCUT2D eigenvalue weighted by Crippen LogP contribution is -2.57. The highest BCUT2D eigenvalue weighted by molar-refractivity contribution is 5.75. The van der Waals surface area contributed by atoms with Crippen molar-refractivity contribution in [1.29, 1.82) is 0 Å². The number of imidazole rings is 1. The van der Waals surface area contributed by atoms with E-state index in [1.54, 1.807) is 13.4 Å². The molecule has 2 bridgehead atoms. The smallest absolute Gasteiger partial charge is 0.181 e. The van der Waals surface area contributed by atoms with Crippen LogP contribution in [0, 0.1) is 0 Å². The molecule has 1 aromatic heterocycles. The van der Waals surface area contributed by atoms with Gasteiger partial charge >= 0.3 is 0 Å². The molecule has 28 heavy (non-hydrogen) atoms. The Morgan fingerprint density at radius 2 is 2.04 bits per heavy atom.